The number of aromatic nitrogens is 3. The highest BCUT2D eigenvalue weighted by molar-refractivity contribution is 5.90. The summed E-state index contributed by atoms with van der Waals surface area (Å²) in [5.74, 6) is 0.894. The quantitative estimate of drug-likeness (QED) is 0.418. The first kappa shape index (κ1) is 16.5. The van der Waals surface area contributed by atoms with Gasteiger partial charge in [0.05, 0.1) is 16.7 Å². The lowest BCUT2D eigenvalue weighted by Crippen LogP contribution is -2.04. The number of aryl methyl sites for hydroxylation is 1. The van der Waals surface area contributed by atoms with Crippen molar-refractivity contribution in [2.75, 3.05) is 0 Å². The van der Waals surface area contributed by atoms with Crippen molar-refractivity contribution in [2.45, 2.75) is 6.54 Å². The Bertz CT molecular complexity index is 1310. The van der Waals surface area contributed by atoms with E-state index in [0.29, 0.717) is 5.56 Å². The van der Waals surface area contributed by atoms with Gasteiger partial charge in [0.2, 0.25) is 0 Å². The zero-order valence-electron chi connectivity index (χ0n) is 15.5. The monoisotopic (exact) mass is 365 g/mol. The van der Waals surface area contributed by atoms with Crippen LogP contribution >= 0.6 is 0 Å². The Hall–Kier alpha value is -3.66. The number of aldehydes is 1. The van der Waals surface area contributed by atoms with Crippen molar-refractivity contribution in [3.63, 3.8) is 0 Å². The Labute approximate surface area is 162 Å². The fourth-order valence-corrected chi connectivity index (χ4v) is 3.85. The second-order valence-corrected chi connectivity index (χ2v) is 7.02. The third-order valence-electron chi connectivity index (χ3n) is 5.26. The average molecular weight is 365 g/mol. The van der Waals surface area contributed by atoms with E-state index in [4.69, 9.17) is 4.98 Å². The maximum Gasteiger partial charge on any atom is 0.157 e. The number of rotatable bonds is 4. The number of benzene rings is 3. The Kier molecular flexibility index (Phi) is 3.83. The predicted molar refractivity (Wildman–Crippen MR) is 113 cm³/mol. The zero-order valence-corrected chi connectivity index (χ0v) is 15.5. The van der Waals surface area contributed by atoms with Gasteiger partial charge in [-0.05, 0) is 35.9 Å². The summed E-state index contributed by atoms with van der Waals surface area (Å²) < 4.78 is 4.41. The molecule has 0 aliphatic heterocycles. The Morgan fingerprint density at radius 3 is 2.50 bits per heavy atom. The highest BCUT2D eigenvalue weighted by Crippen LogP contribution is 2.30. The van der Waals surface area contributed by atoms with Gasteiger partial charge in [-0.1, -0.05) is 48.5 Å². The molecular weight excluding hydrogens is 346 g/mol. The van der Waals surface area contributed by atoms with E-state index in [-0.39, 0.29) is 0 Å². The number of imidazole rings is 1. The van der Waals surface area contributed by atoms with E-state index in [9.17, 15) is 4.79 Å². The number of nitrogens with zero attached hydrogens (tertiary/aromatic N) is 3. The molecule has 0 fully saturated rings. The predicted octanol–water partition coefficient (Wildman–Crippen LogP) is 5.06. The summed E-state index contributed by atoms with van der Waals surface area (Å²) in [6.45, 7) is 0.770. The van der Waals surface area contributed by atoms with Crippen LogP contribution in [0.5, 0.6) is 0 Å². The van der Waals surface area contributed by atoms with Crippen molar-refractivity contribution < 1.29 is 4.79 Å². The van der Waals surface area contributed by atoms with Crippen LogP contribution in [0.15, 0.2) is 78.9 Å². The largest absolute Gasteiger partial charge is 0.333 e. The van der Waals surface area contributed by atoms with E-state index in [2.05, 4.69) is 63.7 Å². The second kappa shape index (κ2) is 6.50. The molecule has 0 amide bonds. The minimum Gasteiger partial charge on any atom is -0.333 e. The minimum absolute atomic E-state index is 0.641. The molecule has 0 saturated carbocycles. The van der Waals surface area contributed by atoms with Gasteiger partial charge in [0, 0.05) is 30.1 Å². The molecule has 5 aromatic rings. The molecule has 0 spiro atoms. The normalized spacial score (nSPS) is 11.3. The molecule has 28 heavy (non-hydrogen) atoms. The fraction of sp³-hybridized carbons (Fsp3) is 0.0833. The van der Waals surface area contributed by atoms with Gasteiger partial charge in [-0.25, -0.2) is 4.98 Å². The maximum atomic E-state index is 11.1. The molecule has 0 bridgehead atoms. The van der Waals surface area contributed by atoms with E-state index in [1.165, 1.54) is 16.5 Å². The van der Waals surface area contributed by atoms with E-state index in [1.807, 2.05) is 31.3 Å². The Balaban J connectivity index is 1.75. The molecule has 0 aliphatic rings. The van der Waals surface area contributed by atoms with Crippen LogP contribution in [0.2, 0.25) is 0 Å². The second-order valence-electron chi connectivity index (χ2n) is 7.02. The van der Waals surface area contributed by atoms with E-state index in [1.54, 1.807) is 0 Å². The van der Waals surface area contributed by atoms with Crippen molar-refractivity contribution in [1.29, 1.82) is 0 Å². The van der Waals surface area contributed by atoms with Crippen LogP contribution in [0, 0.1) is 0 Å². The van der Waals surface area contributed by atoms with Crippen LogP contribution in [0.25, 0.3) is 33.5 Å². The van der Waals surface area contributed by atoms with Gasteiger partial charge in [0.25, 0.3) is 0 Å². The van der Waals surface area contributed by atoms with Crippen molar-refractivity contribution >= 4 is 28.2 Å². The van der Waals surface area contributed by atoms with Crippen LogP contribution < -0.4 is 0 Å². The summed E-state index contributed by atoms with van der Waals surface area (Å²) >= 11 is 0. The summed E-state index contributed by atoms with van der Waals surface area (Å²) in [6, 6.07) is 26.7. The molecule has 4 nitrogen and oxygen atoms in total. The van der Waals surface area contributed by atoms with Gasteiger partial charge in [-0.15, -0.1) is 0 Å². The van der Waals surface area contributed by atoms with Gasteiger partial charge in [-0.2, -0.15) is 0 Å². The highest BCUT2D eigenvalue weighted by atomic mass is 16.1. The average Bonchev–Trinajstić information content (AvgIpc) is 3.26. The Morgan fingerprint density at radius 2 is 1.68 bits per heavy atom. The number of carbonyl (C=O) groups excluding carboxylic acids is 1. The molecule has 0 radical (unpaired) electrons. The van der Waals surface area contributed by atoms with E-state index in [0.717, 1.165) is 35.4 Å². The standard InChI is InChI=1S/C24H19N3O/c1-26-22-12-11-18(16-28)13-20(22)25-24(26)23-14-19-9-5-6-10-21(19)27(23)15-17-7-3-2-4-8-17/h2-14,16H,15H2,1H3. The number of fused-ring (bicyclic) bond motifs is 2. The number of carbonyl (C=O) groups is 1. The summed E-state index contributed by atoms with van der Waals surface area (Å²) in [7, 11) is 2.02. The summed E-state index contributed by atoms with van der Waals surface area (Å²) in [6.07, 6.45) is 0.861. The summed E-state index contributed by atoms with van der Waals surface area (Å²) in [5.41, 5.74) is 5.98. The lowest BCUT2D eigenvalue weighted by atomic mass is 10.2. The molecule has 0 unspecified atom stereocenters. The van der Waals surface area contributed by atoms with Crippen LogP contribution in [0.3, 0.4) is 0 Å². The first-order valence-corrected chi connectivity index (χ1v) is 9.29. The molecule has 5 rings (SSSR count). The third kappa shape index (κ3) is 2.62. The number of hydrogen-bond acceptors (Lipinski definition) is 2. The van der Waals surface area contributed by atoms with Crippen LogP contribution in [0.1, 0.15) is 15.9 Å². The van der Waals surface area contributed by atoms with Gasteiger partial charge >= 0.3 is 0 Å². The molecule has 0 saturated heterocycles. The van der Waals surface area contributed by atoms with Crippen LogP contribution in [-0.2, 0) is 13.6 Å². The molecule has 136 valence electrons. The lowest BCUT2D eigenvalue weighted by molar-refractivity contribution is 0.112. The smallest absolute Gasteiger partial charge is 0.157 e. The van der Waals surface area contributed by atoms with Crippen molar-refractivity contribution in [2.24, 2.45) is 7.05 Å². The van der Waals surface area contributed by atoms with Crippen LogP contribution in [-0.4, -0.2) is 20.4 Å². The first-order chi connectivity index (χ1) is 13.7. The number of hydrogen-bond donors (Lipinski definition) is 0. The fourth-order valence-electron chi connectivity index (χ4n) is 3.85. The maximum absolute atomic E-state index is 11.1. The van der Waals surface area contributed by atoms with Crippen molar-refractivity contribution in [3.8, 4) is 11.5 Å². The molecule has 3 aromatic carbocycles. The van der Waals surface area contributed by atoms with Gasteiger partial charge < -0.3 is 9.13 Å². The van der Waals surface area contributed by atoms with Crippen molar-refractivity contribution in [1.82, 2.24) is 14.1 Å². The van der Waals surface area contributed by atoms with Gasteiger partial charge in [-0.3, -0.25) is 4.79 Å². The molecule has 0 aliphatic carbocycles. The zero-order chi connectivity index (χ0) is 19.1. The lowest BCUT2D eigenvalue weighted by Gasteiger charge is -2.11. The van der Waals surface area contributed by atoms with Crippen LogP contribution in [0.4, 0.5) is 0 Å². The Morgan fingerprint density at radius 1 is 0.893 bits per heavy atom. The summed E-state index contributed by atoms with van der Waals surface area (Å²) in [4.78, 5) is 16.0. The van der Waals surface area contributed by atoms with Crippen molar-refractivity contribution in [3.05, 3.63) is 90.0 Å². The highest BCUT2D eigenvalue weighted by Gasteiger charge is 2.17. The molecular formula is C24H19N3O. The SMILES string of the molecule is Cn1c(-c2cc3ccccc3n2Cc2ccccc2)nc2cc(C=O)ccc21. The van der Waals surface area contributed by atoms with E-state index >= 15 is 0 Å². The first-order valence-electron chi connectivity index (χ1n) is 9.29. The molecule has 0 atom stereocenters. The van der Waals surface area contributed by atoms with E-state index < -0.39 is 0 Å². The molecule has 2 heterocycles. The molecule has 2 aromatic heterocycles. The molecule has 4 heteroatoms. The van der Waals surface area contributed by atoms with Gasteiger partial charge in [0.15, 0.2) is 5.82 Å². The minimum atomic E-state index is 0.641. The summed E-state index contributed by atoms with van der Waals surface area (Å²) in [5, 5.41) is 1.19. The van der Waals surface area contributed by atoms with Gasteiger partial charge in [0.1, 0.15) is 6.29 Å². The topological polar surface area (TPSA) is 39.8 Å². The third-order valence-corrected chi connectivity index (χ3v) is 5.26. The molecule has 0 N–H and O–H groups in total. The number of para-hydroxylation sites is 1.